The third kappa shape index (κ3) is 0.540. The fourth-order valence-corrected chi connectivity index (χ4v) is 0.776. The Kier molecular flexibility index (Phi) is 0.858. The highest BCUT2D eigenvalue weighted by Crippen LogP contribution is 1.94. The zero-order valence-electron chi connectivity index (χ0n) is 4.96. The van der Waals surface area contributed by atoms with E-state index in [1.807, 2.05) is 0 Å². The van der Waals surface area contributed by atoms with Gasteiger partial charge in [-0.2, -0.15) is 0 Å². The number of fused-ring (bicyclic) bond motifs is 1. The Morgan fingerprint density at radius 2 is 1.90 bits per heavy atom. The van der Waals surface area contributed by atoms with Gasteiger partial charge in [-0.25, -0.2) is 9.97 Å². The molecule has 0 aromatic carbocycles. The summed E-state index contributed by atoms with van der Waals surface area (Å²) in [5.74, 6) is 0. The van der Waals surface area contributed by atoms with Crippen molar-refractivity contribution >= 4 is 11.2 Å². The van der Waals surface area contributed by atoms with E-state index in [1.165, 1.54) is 12.7 Å². The molecule has 0 saturated carbocycles. The van der Waals surface area contributed by atoms with Crippen molar-refractivity contribution in [3.8, 4) is 0 Å². The third-order valence-electron chi connectivity index (χ3n) is 1.23. The number of imidazole rings is 1. The average Bonchev–Trinajstić information content (AvgIpc) is 2.36. The van der Waals surface area contributed by atoms with Gasteiger partial charge in [0, 0.05) is 0 Å². The molecule has 2 rings (SSSR count). The topological polar surface area (TPSA) is 74.4 Å². The van der Waals surface area contributed by atoms with Gasteiger partial charge in [0.05, 0.1) is 12.7 Å². The van der Waals surface area contributed by atoms with Crippen molar-refractivity contribution in [2.75, 3.05) is 0 Å². The van der Waals surface area contributed by atoms with Crippen LogP contribution in [0.1, 0.15) is 0 Å². The molecule has 0 unspecified atom stereocenters. The Bertz CT molecular complexity index is 401. The van der Waals surface area contributed by atoms with Crippen LogP contribution >= 0.6 is 0 Å². The van der Waals surface area contributed by atoms with Gasteiger partial charge in [-0.3, -0.25) is 4.79 Å². The molecule has 5 nitrogen and oxygen atoms in total. The minimum absolute atomic E-state index is 0.192. The Morgan fingerprint density at radius 3 is 2.60 bits per heavy atom. The number of rotatable bonds is 0. The van der Waals surface area contributed by atoms with Crippen LogP contribution in [0.5, 0.6) is 0 Å². The second-order valence-electron chi connectivity index (χ2n) is 1.83. The average molecular weight is 138 g/mol. The lowest BCUT2D eigenvalue weighted by Crippen LogP contribution is -2.05. The maximum atomic E-state index is 10.9. The molecule has 0 fully saturated rings. The molecule has 0 amide bonds. The second-order valence-corrected chi connectivity index (χ2v) is 1.83. The Hall–Kier alpha value is -1.65. The lowest BCUT2D eigenvalue weighted by Gasteiger charge is -1.81. The van der Waals surface area contributed by atoms with Crippen LogP contribution in [0.15, 0.2) is 17.4 Å². The smallest absolute Gasteiger partial charge is 0.276 e. The molecule has 2 aromatic rings. The molecule has 2 heterocycles. The van der Waals surface area contributed by atoms with Crippen LogP contribution in [0.4, 0.5) is 0 Å². The highest BCUT2D eigenvalue weighted by Gasteiger charge is 1.97. The van der Waals surface area contributed by atoms with Crippen molar-refractivity contribution in [1.82, 2.24) is 19.9 Å². The number of H-pyrrole nitrogens is 2. The predicted molar refractivity (Wildman–Crippen MR) is 34.5 cm³/mol. The van der Waals surface area contributed by atoms with Crippen LogP contribution in [-0.4, -0.2) is 19.9 Å². The lowest BCUT2D eigenvalue weighted by atomic mass is 10.6. The first-order valence-corrected chi connectivity index (χ1v) is 2.75. The van der Waals surface area contributed by atoms with Gasteiger partial charge in [0.15, 0.2) is 11.2 Å². The van der Waals surface area contributed by atoms with Crippen molar-refractivity contribution in [2.24, 2.45) is 0 Å². The SMILES string of the molecule is O=c1[15nH]c[15n]c2nc[nH]c12. The van der Waals surface area contributed by atoms with Gasteiger partial charge in [-0.1, -0.05) is 0 Å². The van der Waals surface area contributed by atoms with Crippen molar-refractivity contribution in [1.29, 1.82) is 0 Å². The van der Waals surface area contributed by atoms with Crippen LogP contribution in [0, 0.1) is 0 Å². The summed E-state index contributed by atoms with van der Waals surface area (Å²) in [4.78, 5) is 23.6. The molecule has 0 saturated heterocycles. The summed E-state index contributed by atoms with van der Waals surface area (Å²) < 4.78 is 0. The van der Waals surface area contributed by atoms with E-state index in [1.54, 1.807) is 0 Å². The molecule has 0 aliphatic carbocycles. The van der Waals surface area contributed by atoms with E-state index in [4.69, 9.17) is 0 Å². The maximum Gasteiger partial charge on any atom is 0.276 e. The number of aromatic nitrogens is 4. The van der Waals surface area contributed by atoms with E-state index in [-0.39, 0.29) is 5.56 Å². The minimum Gasteiger partial charge on any atom is -0.339 e. The Balaban J connectivity index is 3.09. The fraction of sp³-hybridized carbons (Fsp3) is 0. The molecule has 50 valence electrons. The molecule has 0 bridgehead atoms. The van der Waals surface area contributed by atoms with Gasteiger partial charge in [0.2, 0.25) is 0 Å². The monoisotopic (exact) mass is 138 g/mol. The van der Waals surface area contributed by atoms with E-state index < -0.39 is 0 Å². The number of nitrogens with one attached hydrogen (secondary N) is 2. The number of hydrogen-bond acceptors (Lipinski definition) is 3. The zero-order chi connectivity index (χ0) is 6.97. The largest absolute Gasteiger partial charge is 0.339 e. The lowest BCUT2D eigenvalue weighted by molar-refractivity contribution is 1.15. The van der Waals surface area contributed by atoms with Gasteiger partial charge in [0.1, 0.15) is 0 Å². The highest BCUT2D eigenvalue weighted by molar-refractivity contribution is 5.67. The number of aromatic amines is 2. The molecule has 5 heteroatoms. The summed E-state index contributed by atoms with van der Waals surface area (Å²) in [6.07, 6.45) is 2.76. The van der Waals surface area contributed by atoms with Gasteiger partial charge in [-0.05, 0) is 0 Å². The van der Waals surface area contributed by atoms with Crippen LogP contribution in [0.2, 0.25) is 0 Å². The summed E-state index contributed by atoms with van der Waals surface area (Å²) in [5.41, 5.74) is 0.675. The van der Waals surface area contributed by atoms with Crippen molar-refractivity contribution in [3.63, 3.8) is 0 Å². The van der Waals surface area contributed by atoms with Crippen LogP contribution in [0.3, 0.4) is 0 Å². The molecule has 10 heavy (non-hydrogen) atoms. The molecule has 2 aromatic heterocycles. The molecule has 0 aliphatic rings. The quantitative estimate of drug-likeness (QED) is 0.522. The normalized spacial score (nSPS) is 10.4. The Morgan fingerprint density at radius 1 is 1.20 bits per heavy atom. The molecule has 0 radical (unpaired) electrons. The van der Waals surface area contributed by atoms with Crippen molar-refractivity contribution in [3.05, 3.63) is 23.0 Å². The Labute approximate surface area is 55.1 Å². The van der Waals surface area contributed by atoms with Gasteiger partial charge < -0.3 is 9.97 Å². The van der Waals surface area contributed by atoms with Crippen LogP contribution in [0.25, 0.3) is 11.2 Å². The molecule has 0 spiro atoms. The van der Waals surface area contributed by atoms with E-state index in [0.717, 1.165) is 0 Å². The van der Waals surface area contributed by atoms with E-state index in [2.05, 4.69) is 19.9 Å². The van der Waals surface area contributed by atoms with Crippen molar-refractivity contribution < 1.29 is 0 Å². The van der Waals surface area contributed by atoms with E-state index in [9.17, 15) is 4.79 Å². The summed E-state index contributed by atoms with van der Waals surface area (Å²) in [5, 5.41) is 0. The van der Waals surface area contributed by atoms with E-state index in [0.29, 0.717) is 11.2 Å². The van der Waals surface area contributed by atoms with Crippen LogP contribution < -0.4 is 5.56 Å². The molecular formula is C5H4N4O. The standard InChI is InChI=1S/C5H4N4O/c10-5-3-4(7-1-6-3)8-2-9-5/h1-2H,(H2,6,7,8,9,10)/i8+1,9+1. The molecule has 0 atom stereocenters. The summed E-state index contributed by atoms with van der Waals surface area (Å²) in [7, 11) is 0. The first-order chi connectivity index (χ1) is 4.88. The summed E-state index contributed by atoms with van der Waals surface area (Å²) >= 11 is 0. The summed E-state index contributed by atoms with van der Waals surface area (Å²) in [6.45, 7) is 0. The molecule has 2 N–H and O–H groups in total. The molecular weight excluding hydrogens is 134 g/mol. The summed E-state index contributed by atoms with van der Waals surface area (Å²) in [6, 6.07) is 0. The number of nitrogens with zero attached hydrogens (tertiary/aromatic N) is 2. The van der Waals surface area contributed by atoms with Crippen molar-refractivity contribution in [2.45, 2.75) is 0 Å². The first kappa shape index (κ1) is 5.16. The van der Waals surface area contributed by atoms with Gasteiger partial charge >= 0.3 is 0 Å². The molecule has 0 aliphatic heterocycles. The van der Waals surface area contributed by atoms with Crippen LogP contribution in [-0.2, 0) is 0 Å². The fourth-order valence-electron chi connectivity index (χ4n) is 0.776. The van der Waals surface area contributed by atoms with Gasteiger partial charge in [0.25, 0.3) is 5.56 Å². The van der Waals surface area contributed by atoms with Gasteiger partial charge in [-0.15, -0.1) is 0 Å². The minimum atomic E-state index is -0.192. The zero-order valence-corrected chi connectivity index (χ0v) is 4.96. The maximum absolute atomic E-state index is 10.9. The van der Waals surface area contributed by atoms with E-state index >= 15 is 0 Å². The highest BCUT2D eigenvalue weighted by atomic mass is 16.2. The third-order valence-corrected chi connectivity index (χ3v) is 1.23. The predicted octanol–water partition coefficient (Wildman–Crippen LogP) is -0.354. The number of hydrogen-bond donors (Lipinski definition) is 2. The first-order valence-electron chi connectivity index (χ1n) is 2.75. The second kappa shape index (κ2) is 1.66.